The number of amides is 2. The number of carbonyl (C=O) groups is 2. The van der Waals surface area contributed by atoms with Crippen LogP contribution in [0, 0.1) is 5.82 Å². The molecule has 0 radical (unpaired) electrons. The van der Waals surface area contributed by atoms with Gasteiger partial charge in [-0.05, 0) is 29.8 Å². The number of hydrogen-bond donors (Lipinski definition) is 3. The monoisotopic (exact) mass is 367 g/mol. The van der Waals surface area contributed by atoms with Gasteiger partial charge in [0.2, 0.25) is 5.91 Å². The molecule has 138 valence electrons. The molecule has 0 bridgehead atoms. The van der Waals surface area contributed by atoms with E-state index >= 15 is 0 Å². The van der Waals surface area contributed by atoms with Gasteiger partial charge in [-0.2, -0.15) is 0 Å². The van der Waals surface area contributed by atoms with Crippen LogP contribution in [0.1, 0.15) is 16.1 Å². The van der Waals surface area contributed by atoms with E-state index in [-0.39, 0.29) is 18.1 Å². The molecule has 0 saturated carbocycles. The Morgan fingerprint density at radius 1 is 1.04 bits per heavy atom. The van der Waals surface area contributed by atoms with E-state index < -0.39 is 24.5 Å². The van der Waals surface area contributed by atoms with Crippen molar-refractivity contribution in [2.24, 2.45) is 0 Å². The highest BCUT2D eigenvalue weighted by Crippen LogP contribution is 2.11. The van der Waals surface area contributed by atoms with E-state index in [0.29, 0.717) is 11.1 Å². The van der Waals surface area contributed by atoms with Crippen LogP contribution in [0.5, 0.6) is 0 Å². The van der Waals surface area contributed by atoms with Crippen molar-refractivity contribution in [3.63, 3.8) is 0 Å². The first-order chi connectivity index (χ1) is 13.1. The summed E-state index contributed by atoms with van der Waals surface area (Å²) < 4.78 is 12.9. The number of nitrogens with zero attached hydrogens (tertiary/aromatic N) is 1. The minimum atomic E-state index is -1.12. The van der Waals surface area contributed by atoms with Crippen LogP contribution in [0.4, 0.5) is 4.39 Å². The summed E-state index contributed by atoms with van der Waals surface area (Å²) in [6.07, 6.45) is 0. The fourth-order valence-corrected chi connectivity index (χ4v) is 2.53. The predicted octanol–water partition coefficient (Wildman–Crippen LogP) is 1.78. The average Bonchev–Trinajstić information content (AvgIpc) is 2.70. The molecule has 2 aromatic carbocycles. The summed E-state index contributed by atoms with van der Waals surface area (Å²) in [4.78, 5) is 28.8. The Hall–Kier alpha value is -3.32. The number of aliphatic hydroxyl groups excluding tert-OH is 1. The van der Waals surface area contributed by atoms with Gasteiger partial charge in [0.15, 0.2) is 0 Å². The number of carbonyl (C=O) groups excluding carboxylic acids is 2. The van der Waals surface area contributed by atoms with E-state index in [1.54, 1.807) is 30.3 Å². The number of aliphatic hydroxyl groups is 1. The van der Waals surface area contributed by atoms with Crippen molar-refractivity contribution >= 4 is 22.7 Å². The summed E-state index contributed by atoms with van der Waals surface area (Å²) in [5.41, 5.74) is 1.51. The third-order valence-corrected chi connectivity index (χ3v) is 4.02. The first kappa shape index (κ1) is 18.5. The highest BCUT2D eigenvalue weighted by molar-refractivity contribution is 5.97. The topological polar surface area (TPSA) is 91.3 Å². The SMILES string of the molecule is O=C(N[C@@H](CO)C(=O)NCc1ccc(F)cc1)c1ccc2ccccc2n1. The number of pyridine rings is 1. The van der Waals surface area contributed by atoms with Gasteiger partial charge in [0.05, 0.1) is 12.1 Å². The molecule has 1 atom stereocenters. The number of halogens is 1. The Bertz CT molecular complexity index is 960. The number of para-hydroxylation sites is 1. The van der Waals surface area contributed by atoms with Crippen molar-refractivity contribution < 1.29 is 19.1 Å². The fourth-order valence-electron chi connectivity index (χ4n) is 2.53. The van der Waals surface area contributed by atoms with Crippen molar-refractivity contribution in [3.05, 3.63) is 77.7 Å². The summed E-state index contributed by atoms with van der Waals surface area (Å²) >= 11 is 0. The third kappa shape index (κ3) is 4.65. The molecule has 3 aromatic rings. The van der Waals surface area contributed by atoms with E-state index in [4.69, 9.17) is 0 Å². The molecule has 0 aliphatic heterocycles. The fraction of sp³-hybridized carbons (Fsp3) is 0.150. The van der Waals surface area contributed by atoms with Crippen LogP contribution in [0.15, 0.2) is 60.7 Å². The number of fused-ring (bicyclic) bond motifs is 1. The molecule has 3 N–H and O–H groups in total. The summed E-state index contributed by atoms with van der Waals surface area (Å²) in [7, 11) is 0. The standard InChI is InChI=1S/C20H18FN3O3/c21-15-8-5-13(6-9-15)11-22-19(26)18(12-25)24-20(27)17-10-7-14-3-1-2-4-16(14)23-17/h1-10,18,25H,11-12H2,(H,22,26)(H,24,27)/t18-/m0/s1. The van der Waals surface area contributed by atoms with E-state index in [1.165, 1.54) is 12.1 Å². The zero-order valence-corrected chi connectivity index (χ0v) is 14.4. The zero-order valence-electron chi connectivity index (χ0n) is 14.4. The largest absolute Gasteiger partial charge is 0.394 e. The van der Waals surface area contributed by atoms with Crippen LogP contribution < -0.4 is 10.6 Å². The molecular weight excluding hydrogens is 349 g/mol. The number of benzene rings is 2. The quantitative estimate of drug-likeness (QED) is 0.619. The zero-order chi connectivity index (χ0) is 19.2. The summed E-state index contributed by atoms with van der Waals surface area (Å²) in [6.45, 7) is -0.408. The van der Waals surface area contributed by atoms with Gasteiger partial charge >= 0.3 is 0 Å². The lowest BCUT2D eigenvalue weighted by molar-refractivity contribution is -0.124. The molecule has 6 nitrogen and oxygen atoms in total. The van der Waals surface area contributed by atoms with Crippen LogP contribution in [0.2, 0.25) is 0 Å². The Kier molecular flexibility index (Phi) is 5.73. The lowest BCUT2D eigenvalue weighted by Gasteiger charge is -2.16. The predicted molar refractivity (Wildman–Crippen MR) is 98.3 cm³/mol. The van der Waals surface area contributed by atoms with Crippen molar-refractivity contribution in [3.8, 4) is 0 Å². The van der Waals surface area contributed by atoms with Crippen molar-refractivity contribution in [1.82, 2.24) is 15.6 Å². The third-order valence-electron chi connectivity index (χ3n) is 4.02. The lowest BCUT2D eigenvalue weighted by atomic mass is 10.2. The van der Waals surface area contributed by atoms with Crippen LogP contribution in [0.25, 0.3) is 10.9 Å². The van der Waals surface area contributed by atoms with E-state index in [1.807, 2.05) is 18.2 Å². The van der Waals surface area contributed by atoms with Crippen LogP contribution >= 0.6 is 0 Å². The van der Waals surface area contributed by atoms with Crippen molar-refractivity contribution in [1.29, 1.82) is 0 Å². The average molecular weight is 367 g/mol. The molecule has 0 aliphatic carbocycles. The Labute approximate surface area is 155 Å². The summed E-state index contributed by atoms with van der Waals surface area (Å²) in [5.74, 6) is -1.47. The first-order valence-corrected chi connectivity index (χ1v) is 8.36. The molecule has 27 heavy (non-hydrogen) atoms. The van der Waals surface area contributed by atoms with E-state index in [9.17, 15) is 19.1 Å². The van der Waals surface area contributed by atoms with Crippen LogP contribution in [0.3, 0.4) is 0 Å². The molecule has 0 fully saturated rings. The Balaban J connectivity index is 1.63. The molecule has 0 spiro atoms. The molecular formula is C20H18FN3O3. The lowest BCUT2D eigenvalue weighted by Crippen LogP contribution is -2.48. The Morgan fingerprint density at radius 3 is 2.52 bits per heavy atom. The molecule has 0 unspecified atom stereocenters. The van der Waals surface area contributed by atoms with Gasteiger partial charge in [-0.3, -0.25) is 9.59 Å². The molecule has 2 amide bonds. The number of nitrogens with one attached hydrogen (secondary N) is 2. The normalized spacial score (nSPS) is 11.8. The maximum atomic E-state index is 12.9. The molecule has 3 rings (SSSR count). The Morgan fingerprint density at radius 2 is 1.78 bits per heavy atom. The van der Waals surface area contributed by atoms with Gasteiger partial charge in [-0.25, -0.2) is 9.37 Å². The number of aromatic nitrogens is 1. The highest BCUT2D eigenvalue weighted by atomic mass is 19.1. The smallest absolute Gasteiger partial charge is 0.270 e. The number of hydrogen-bond acceptors (Lipinski definition) is 4. The van der Waals surface area contributed by atoms with Gasteiger partial charge in [-0.1, -0.05) is 36.4 Å². The van der Waals surface area contributed by atoms with Crippen molar-refractivity contribution in [2.45, 2.75) is 12.6 Å². The summed E-state index contributed by atoms with van der Waals surface area (Å²) in [5, 5.41) is 15.4. The van der Waals surface area contributed by atoms with E-state index in [0.717, 1.165) is 5.39 Å². The molecule has 0 saturated heterocycles. The second-order valence-corrected chi connectivity index (χ2v) is 5.94. The van der Waals surface area contributed by atoms with Crippen LogP contribution in [-0.2, 0) is 11.3 Å². The molecule has 1 heterocycles. The highest BCUT2D eigenvalue weighted by Gasteiger charge is 2.21. The summed E-state index contributed by atoms with van der Waals surface area (Å²) in [6, 6.07) is 15.2. The van der Waals surface area contributed by atoms with Gasteiger partial charge in [0, 0.05) is 11.9 Å². The minimum absolute atomic E-state index is 0.151. The number of rotatable bonds is 6. The van der Waals surface area contributed by atoms with E-state index in [2.05, 4.69) is 15.6 Å². The van der Waals surface area contributed by atoms with Crippen LogP contribution in [-0.4, -0.2) is 34.6 Å². The second-order valence-electron chi connectivity index (χ2n) is 5.94. The van der Waals surface area contributed by atoms with Gasteiger partial charge < -0.3 is 15.7 Å². The molecule has 0 aliphatic rings. The van der Waals surface area contributed by atoms with Gasteiger partial charge in [0.25, 0.3) is 5.91 Å². The second kappa shape index (κ2) is 8.37. The minimum Gasteiger partial charge on any atom is -0.394 e. The van der Waals surface area contributed by atoms with Gasteiger partial charge in [-0.15, -0.1) is 0 Å². The molecule has 7 heteroatoms. The maximum absolute atomic E-state index is 12.9. The van der Waals surface area contributed by atoms with Crippen molar-refractivity contribution in [2.75, 3.05) is 6.61 Å². The first-order valence-electron chi connectivity index (χ1n) is 8.36. The maximum Gasteiger partial charge on any atom is 0.270 e. The van der Waals surface area contributed by atoms with Gasteiger partial charge in [0.1, 0.15) is 17.6 Å². The molecule has 1 aromatic heterocycles.